The second kappa shape index (κ2) is 6.78. The van der Waals surface area contributed by atoms with Gasteiger partial charge in [-0.2, -0.15) is 0 Å². The molecular formula is C15H18FN3OS. The normalized spacial score (nSPS) is 13.7. The highest BCUT2D eigenvalue weighted by molar-refractivity contribution is 7.14. The van der Waals surface area contributed by atoms with E-state index in [4.69, 9.17) is 5.73 Å². The van der Waals surface area contributed by atoms with Crippen molar-refractivity contribution in [1.29, 1.82) is 0 Å². The molecule has 2 aromatic rings. The molecule has 1 aromatic carbocycles. The van der Waals surface area contributed by atoms with Gasteiger partial charge in [0.25, 0.3) is 0 Å². The van der Waals surface area contributed by atoms with Gasteiger partial charge in [-0.25, -0.2) is 9.37 Å². The van der Waals surface area contributed by atoms with Crippen LogP contribution in [0.15, 0.2) is 29.6 Å². The fourth-order valence-electron chi connectivity index (χ4n) is 1.81. The van der Waals surface area contributed by atoms with E-state index in [1.165, 1.54) is 23.5 Å². The molecule has 0 aliphatic carbocycles. The van der Waals surface area contributed by atoms with E-state index in [9.17, 15) is 9.18 Å². The Balaban J connectivity index is 2.08. The van der Waals surface area contributed by atoms with Crippen molar-refractivity contribution in [3.05, 3.63) is 35.5 Å². The van der Waals surface area contributed by atoms with E-state index in [2.05, 4.69) is 10.3 Å². The van der Waals surface area contributed by atoms with Crippen LogP contribution in [-0.4, -0.2) is 16.9 Å². The van der Waals surface area contributed by atoms with Crippen molar-refractivity contribution in [3.63, 3.8) is 0 Å². The first-order valence-corrected chi connectivity index (χ1v) is 7.67. The van der Waals surface area contributed by atoms with E-state index in [0.29, 0.717) is 16.4 Å². The lowest BCUT2D eigenvalue weighted by molar-refractivity contribution is -0.118. The summed E-state index contributed by atoms with van der Waals surface area (Å²) in [5.74, 6) is -0.456. The highest BCUT2D eigenvalue weighted by Crippen LogP contribution is 2.25. The Morgan fingerprint density at radius 1 is 1.52 bits per heavy atom. The fraction of sp³-hybridized carbons (Fsp3) is 0.333. The van der Waals surface area contributed by atoms with Crippen molar-refractivity contribution >= 4 is 22.4 Å². The van der Waals surface area contributed by atoms with E-state index < -0.39 is 6.04 Å². The maximum absolute atomic E-state index is 13.2. The summed E-state index contributed by atoms with van der Waals surface area (Å²) in [4.78, 5) is 16.3. The summed E-state index contributed by atoms with van der Waals surface area (Å²) in [5, 5.41) is 4.96. The fourth-order valence-corrected chi connectivity index (χ4v) is 2.54. The molecule has 1 amide bonds. The molecule has 0 aliphatic heterocycles. The van der Waals surface area contributed by atoms with Crippen LogP contribution in [0.2, 0.25) is 0 Å². The molecule has 1 heterocycles. The van der Waals surface area contributed by atoms with Gasteiger partial charge in [0, 0.05) is 10.9 Å². The molecule has 0 aliphatic rings. The molecule has 0 radical (unpaired) electrons. The number of nitrogens with one attached hydrogen (secondary N) is 1. The third-order valence-corrected chi connectivity index (χ3v) is 4.17. The molecule has 0 bridgehead atoms. The van der Waals surface area contributed by atoms with Crippen LogP contribution in [0.25, 0.3) is 11.3 Å². The van der Waals surface area contributed by atoms with Gasteiger partial charge in [0.05, 0.1) is 11.7 Å². The van der Waals surface area contributed by atoms with Crippen LogP contribution in [0.4, 0.5) is 9.52 Å². The average molecular weight is 307 g/mol. The van der Waals surface area contributed by atoms with Crippen molar-refractivity contribution in [2.24, 2.45) is 11.7 Å². The van der Waals surface area contributed by atoms with Crippen LogP contribution in [0.3, 0.4) is 0 Å². The Bertz CT molecular complexity index is 629. The van der Waals surface area contributed by atoms with Crippen LogP contribution in [0.5, 0.6) is 0 Å². The highest BCUT2D eigenvalue weighted by Gasteiger charge is 2.20. The van der Waals surface area contributed by atoms with Crippen molar-refractivity contribution in [1.82, 2.24) is 4.98 Å². The number of thiazole rings is 1. The summed E-state index contributed by atoms with van der Waals surface area (Å²) in [6.07, 6.45) is 0.834. The number of halogens is 1. The van der Waals surface area contributed by atoms with Crippen LogP contribution in [-0.2, 0) is 4.79 Å². The van der Waals surface area contributed by atoms with Gasteiger partial charge in [-0.05, 0) is 18.1 Å². The van der Waals surface area contributed by atoms with E-state index in [0.717, 1.165) is 6.42 Å². The zero-order valence-electron chi connectivity index (χ0n) is 12.0. The predicted octanol–water partition coefficient (Wildman–Crippen LogP) is 3.26. The van der Waals surface area contributed by atoms with Crippen molar-refractivity contribution < 1.29 is 9.18 Å². The number of nitrogens with two attached hydrogens (primary N) is 1. The number of hydrogen-bond donors (Lipinski definition) is 2. The summed E-state index contributed by atoms with van der Waals surface area (Å²) in [6.45, 7) is 3.92. The zero-order valence-corrected chi connectivity index (χ0v) is 12.8. The highest BCUT2D eigenvalue weighted by atomic mass is 32.1. The van der Waals surface area contributed by atoms with E-state index in [1.807, 2.05) is 13.8 Å². The van der Waals surface area contributed by atoms with E-state index in [-0.39, 0.29) is 17.6 Å². The number of hydrogen-bond acceptors (Lipinski definition) is 4. The number of carbonyl (C=O) groups excluding carboxylic acids is 1. The van der Waals surface area contributed by atoms with Gasteiger partial charge in [-0.3, -0.25) is 4.79 Å². The number of amides is 1. The number of benzene rings is 1. The van der Waals surface area contributed by atoms with Crippen LogP contribution in [0, 0.1) is 11.7 Å². The van der Waals surface area contributed by atoms with Gasteiger partial charge < -0.3 is 11.1 Å². The van der Waals surface area contributed by atoms with Crippen LogP contribution < -0.4 is 11.1 Å². The van der Waals surface area contributed by atoms with Crippen LogP contribution >= 0.6 is 11.3 Å². The topological polar surface area (TPSA) is 68.0 Å². The second-order valence-corrected chi connectivity index (χ2v) is 5.81. The smallest absolute Gasteiger partial charge is 0.243 e. The standard InChI is InChI=1S/C15H18FN3OS/c1-3-9(2)13(17)14(20)19-15-18-12(8-21-15)10-5-4-6-11(16)7-10/h4-9,13H,3,17H2,1-2H3,(H,18,19,20). The maximum Gasteiger partial charge on any atom is 0.243 e. The quantitative estimate of drug-likeness (QED) is 0.891. The third kappa shape index (κ3) is 3.86. The first-order valence-electron chi connectivity index (χ1n) is 6.79. The Hall–Kier alpha value is -1.79. The number of nitrogens with zero attached hydrogens (tertiary/aromatic N) is 1. The molecule has 3 N–H and O–H groups in total. The van der Waals surface area contributed by atoms with Gasteiger partial charge in [-0.1, -0.05) is 32.4 Å². The summed E-state index contributed by atoms with van der Waals surface area (Å²) < 4.78 is 13.2. The Morgan fingerprint density at radius 3 is 2.95 bits per heavy atom. The van der Waals surface area contributed by atoms with Gasteiger partial charge in [0.2, 0.25) is 5.91 Å². The van der Waals surface area contributed by atoms with Crippen LogP contribution in [0.1, 0.15) is 20.3 Å². The lowest BCUT2D eigenvalue weighted by Gasteiger charge is -2.16. The molecule has 0 spiro atoms. The lowest BCUT2D eigenvalue weighted by Crippen LogP contribution is -2.40. The molecule has 2 unspecified atom stereocenters. The van der Waals surface area contributed by atoms with Gasteiger partial charge in [0.1, 0.15) is 5.82 Å². The summed E-state index contributed by atoms with van der Waals surface area (Å²) in [7, 11) is 0. The minimum Gasteiger partial charge on any atom is -0.320 e. The van der Waals surface area contributed by atoms with Gasteiger partial charge in [0.15, 0.2) is 5.13 Å². The Kier molecular flexibility index (Phi) is 5.03. The van der Waals surface area contributed by atoms with Gasteiger partial charge >= 0.3 is 0 Å². The zero-order chi connectivity index (χ0) is 15.4. The number of carbonyl (C=O) groups is 1. The molecule has 1 aromatic heterocycles. The maximum atomic E-state index is 13.2. The molecule has 2 atom stereocenters. The molecule has 0 saturated heterocycles. The molecule has 6 heteroatoms. The molecule has 21 heavy (non-hydrogen) atoms. The summed E-state index contributed by atoms with van der Waals surface area (Å²) >= 11 is 1.29. The second-order valence-electron chi connectivity index (χ2n) is 4.95. The van der Waals surface area contributed by atoms with E-state index in [1.54, 1.807) is 17.5 Å². The largest absolute Gasteiger partial charge is 0.320 e. The molecule has 4 nitrogen and oxygen atoms in total. The first kappa shape index (κ1) is 15.6. The Labute approximate surface area is 127 Å². The van der Waals surface area contributed by atoms with E-state index >= 15 is 0 Å². The molecule has 112 valence electrons. The SMILES string of the molecule is CCC(C)C(N)C(=O)Nc1nc(-c2cccc(F)c2)cs1. The predicted molar refractivity (Wildman–Crippen MR) is 83.6 cm³/mol. The number of rotatable bonds is 5. The first-order chi connectivity index (χ1) is 10.0. The Morgan fingerprint density at radius 2 is 2.29 bits per heavy atom. The monoisotopic (exact) mass is 307 g/mol. The molecule has 0 saturated carbocycles. The lowest BCUT2D eigenvalue weighted by atomic mass is 10.00. The minimum atomic E-state index is -0.559. The molecule has 2 rings (SSSR count). The molecule has 0 fully saturated rings. The van der Waals surface area contributed by atoms with Crippen molar-refractivity contribution in [2.75, 3.05) is 5.32 Å². The van der Waals surface area contributed by atoms with Crippen molar-refractivity contribution in [3.8, 4) is 11.3 Å². The number of aromatic nitrogens is 1. The summed E-state index contributed by atoms with van der Waals surface area (Å²) in [5.41, 5.74) is 7.18. The minimum absolute atomic E-state index is 0.104. The molecular weight excluding hydrogens is 289 g/mol. The summed E-state index contributed by atoms with van der Waals surface area (Å²) in [6, 6.07) is 5.63. The third-order valence-electron chi connectivity index (χ3n) is 3.41. The number of anilines is 1. The van der Waals surface area contributed by atoms with Crippen molar-refractivity contribution in [2.45, 2.75) is 26.3 Å². The van der Waals surface area contributed by atoms with Gasteiger partial charge in [-0.15, -0.1) is 11.3 Å². The average Bonchev–Trinajstić information content (AvgIpc) is 2.94.